The third kappa shape index (κ3) is 2.21. The lowest BCUT2D eigenvalue weighted by Crippen LogP contribution is -2.29. The van der Waals surface area contributed by atoms with E-state index in [0.29, 0.717) is 6.17 Å². The van der Waals surface area contributed by atoms with Gasteiger partial charge < -0.3 is 9.80 Å². The van der Waals surface area contributed by atoms with Crippen LogP contribution < -0.4 is 0 Å². The SMILES string of the molecule is CCCCN1C=CN(C)C1c1ccccc1. The van der Waals surface area contributed by atoms with Gasteiger partial charge in [0, 0.05) is 26.0 Å². The van der Waals surface area contributed by atoms with Crippen molar-refractivity contribution < 1.29 is 0 Å². The van der Waals surface area contributed by atoms with Gasteiger partial charge in [-0.15, -0.1) is 0 Å². The summed E-state index contributed by atoms with van der Waals surface area (Å²) in [6, 6.07) is 10.7. The fourth-order valence-corrected chi connectivity index (χ4v) is 2.18. The van der Waals surface area contributed by atoms with Crippen LogP contribution in [-0.4, -0.2) is 23.4 Å². The predicted octanol–water partition coefficient (Wildman–Crippen LogP) is 3.20. The summed E-state index contributed by atoms with van der Waals surface area (Å²) in [7, 11) is 2.14. The van der Waals surface area contributed by atoms with E-state index in [4.69, 9.17) is 0 Å². The second-order valence-corrected chi connectivity index (χ2v) is 4.34. The van der Waals surface area contributed by atoms with Crippen LogP contribution in [0.1, 0.15) is 31.5 Å². The maximum Gasteiger partial charge on any atom is 0.127 e. The molecule has 0 radical (unpaired) electrons. The summed E-state index contributed by atoms with van der Waals surface area (Å²) in [4.78, 5) is 4.68. The van der Waals surface area contributed by atoms with Crippen molar-refractivity contribution in [2.24, 2.45) is 0 Å². The highest BCUT2D eigenvalue weighted by molar-refractivity contribution is 5.21. The maximum atomic E-state index is 2.42. The lowest BCUT2D eigenvalue weighted by atomic mass is 10.1. The van der Waals surface area contributed by atoms with Crippen molar-refractivity contribution >= 4 is 0 Å². The zero-order chi connectivity index (χ0) is 11.4. The van der Waals surface area contributed by atoms with Crippen molar-refractivity contribution in [2.75, 3.05) is 13.6 Å². The molecule has 2 nitrogen and oxygen atoms in total. The molecular weight excluding hydrogens is 196 g/mol. The minimum absolute atomic E-state index is 0.382. The molecule has 1 aromatic rings. The fraction of sp³-hybridized carbons (Fsp3) is 0.429. The first-order valence-corrected chi connectivity index (χ1v) is 6.04. The van der Waals surface area contributed by atoms with Crippen LogP contribution in [0, 0.1) is 0 Å². The molecule has 16 heavy (non-hydrogen) atoms. The lowest BCUT2D eigenvalue weighted by molar-refractivity contribution is 0.177. The summed E-state index contributed by atoms with van der Waals surface area (Å²) < 4.78 is 0. The van der Waals surface area contributed by atoms with E-state index in [1.54, 1.807) is 0 Å². The minimum Gasteiger partial charge on any atom is -0.355 e. The third-order valence-electron chi connectivity index (χ3n) is 3.06. The Balaban J connectivity index is 2.12. The van der Waals surface area contributed by atoms with Crippen molar-refractivity contribution in [3.05, 3.63) is 48.3 Å². The smallest absolute Gasteiger partial charge is 0.127 e. The van der Waals surface area contributed by atoms with Crippen molar-refractivity contribution in [3.8, 4) is 0 Å². The highest BCUT2D eigenvalue weighted by Crippen LogP contribution is 2.29. The van der Waals surface area contributed by atoms with E-state index in [1.807, 2.05) is 0 Å². The standard InChI is InChI=1S/C14H20N2/c1-3-4-10-16-12-11-15(2)14(16)13-8-6-5-7-9-13/h5-9,11-12,14H,3-4,10H2,1-2H3. The number of unbranched alkanes of at least 4 members (excludes halogenated alkanes) is 1. The van der Waals surface area contributed by atoms with Crippen LogP contribution in [0.3, 0.4) is 0 Å². The summed E-state index contributed by atoms with van der Waals surface area (Å²) in [5, 5.41) is 0. The molecule has 0 N–H and O–H groups in total. The second kappa shape index (κ2) is 5.06. The van der Waals surface area contributed by atoms with E-state index in [2.05, 4.69) is 66.5 Å². The highest BCUT2D eigenvalue weighted by Gasteiger charge is 2.24. The molecule has 1 aliphatic rings. The number of benzene rings is 1. The Morgan fingerprint density at radius 3 is 2.56 bits per heavy atom. The summed E-state index contributed by atoms with van der Waals surface area (Å²) >= 11 is 0. The topological polar surface area (TPSA) is 6.48 Å². The number of rotatable bonds is 4. The molecule has 1 unspecified atom stereocenters. The number of hydrogen-bond acceptors (Lipinski definition) is 2. The summed E-state index contributed by atoms with van der Waals surface area (Å²) in [6.45, 7) is 3.37. The van der Waals surface area contributed by atoms with E-state index in [-0.39, 0.29) is 0 Å². The van der Waals surface area contributed by atoms with Crippen LogP contribution in [0.2, 0.25) is 0 Å². The van der Waals surface area contributed by atoms with Crippen molar-refractivity contribution in [1.82, 2.24) is 9.80 Å². The Bertz CT molecular complexity index is 345. The van der Waals surface area contributed by atoms with Gasteiger partial charge in [-0.25, -0.2) is 0 Å². The Labute approximate surface area is 98.2 Å². The van der Waals surface area contributed by atoms with Gasteiger partial charge in [0.05, 0.1) is 0 Å². The molecule has 1 aliphatic heterocycles. The van der Waals surface area contributed by atoms with Gasteiger partial charge in [-0.2, -0.15) is 0 Å². The van der Waals surface area contributed by atoms with Gasteiger partial charge in [0.15, 0.2) is 0 Å². The zero-order valence-corrected chi connectivity index (χ0v) is 10.1. The van der Waals surface area contributed by atoms with Gasteiger partial charge in [-0.3, -0.25) is 0 Å². The van der Waals surface area contributed by atoms with Crippen LogP contribution in [-0.2, 0) is 0 Å². The Morgan fingerprint density at radius 1 is 1.12 bits per heavy atom. The first-order chi connectivity index (χ1) is 7.83. The molecule has 0 saturated heterocycles. The van der Waals surface area contributed by atoms with Gasteiger partial charge in [0.2, 0.25) is 0 Å². The Morgan fingerprint density at radius 2 is 1.88 bits per heavy atom. The largest absolute Gasteiger partial charge is 0.355 e. The molecule has 2 heteroatoms. The van der Waals surface area contributed by atoms with E-state index in [0.717, 1.165) is 6.54 Å². The van der Waals surface area contributed by atoms with Crippen LogP contribution in [0.4, 0.5) is 0 Å². The average Bonchev–Trinajstić information content (AvgIpc) is 2.69. The zero-order valence-electron chi connectivity index (χ0n) is 10.1. The third-order valence-corrected chi connectivity index (χ3v) is 3.06. The normalized spacial score (nSPS) is 19.5. The maximum absolute atomic E-state index is 2.42. The van der Waals surface area contributed by atoms with E-state index >= 15 is 0 Å². The minimum atomic E-state index is 0.382. The summed E-state index contributed by atoms with van der Waals surface area (Å²) in [5.41, 5.74) is 1.37. The van der Waals surface area contributed by atoms with Crippen LogP contribution in [0.25, 0.3) is 0 Å². The molecule has 0 spiro atoms. The average molecular weight is 216 g/mol. The first-order valence-electron chi connectivity index (χ1n) is 6.04. The molecule has 0 fully saturated rings. The van der Waals surface area contributed by atoms with Crippen LogP contribution in [0.15, 0.2) is 42.7 Å². The van der Waals surface area contributed by atoms with Crippen LogP contribution in [0.5, 0.6) is 0 Å². The van der Waals surface area contributed by atoms with E-state index in [9.17, 15) is 0 Å². The van der Waals surface area contributed by atoms with Gasteiger partial charge in [-0.1, -0.05) is 43.7 Å². The quantitative estimate of drug-likeness (QED) is 0.762. The molecule has 1 aromatic carbocycles. The molecule has 0 saturated carbocycles. The van der Waals surface area contributed by atoms with Crippen molar-refractivity contribution in [2.45, 2.75) is 25.9 Å². The molecule has 1 atom stereocenters. The van der Waals surface area contributed by atoms with Gasteiger partial charge >= 0.3 is 0 Å². The van der Waals surface area contributed by atoms with E-state index < -0.39 is 0 Å². The molecule has 0 amide bonds. The Kier molecular flexibility index (Phi) is 3.50. The summed E-state index contributed by atoms with van der Waals surface area (Å²) in [6.07, 6.45) is 7.24. The Hall–Kier alpha value is -1.44. The number of nitrogens with zero attached hydrogens (tertiary/aromatic N) is 2. The highest BCUT2D eigenvalue weighted by atomic mass is 15.4. The first kappa shape index (κ1) is 11.1. The lowest BCUT2D eigenvalue weighted by Gasteiger charge is -2.30. The molecule has 0 aromatic heterocycles. The van der Waals surface area contributed by atoms with Gasteiger partial charge in [-0.05, 0) is 12.0 Å². The predicted molar refractivity (Wildman–Crippen MR) is 67.7 cm³/mol. The molecule has 86 valence electrons. The molecular formula is C14H20N2. The van der Waals surface area contributed by atoms with Crippen molar-refractivity contribution in [1.29, 1.82) is 0 Å². The van der Waals surface area contributed by atoms with Gasteiger partial charge in [0.1, 0.15) is 6.17 Å². The van der Waals surface area contributed by atoms with Gasteiger partial charge in [0.25, 0.3) is 0 Å². The molecule has 0 aliphatic carbocycles. The van der Waals surface area contributed by atoms with E-state index in [1.165, 1.54) is 18.4 Å². The van der Waals surface area contributed by atoms with Crippen LogP contribution >= 0.6 is 0 Å². The number of hydrogen-bond donors (Lipinski definition) is 0. The molecule has 2 rings (SSSR count). The second-order valence-electron chi connectivity index (χ2n) is 4.34. The van der Waals surface area contributed by atoms with Crippen molar-refractivity contribution in [3.63, 3.8) is 0 Å². The molecule has 0 bridgehead atoms. The fourth-order valence-electron chi connectivity index (χ4n) is 2.18. The monoisotopic (exact) mass is 216 g/mol. The molecule has 1 heterocycles. The summed E-state index contributed by atoms with van der Waals surface area (Å²) in [5.74, 6) is 0.